The molecule has 5 fully saturated rings. The van der Waals surface area contributed by atoms with Crippen molar-refractivity contribution >= 4 is 11.8 Å². The molecule has 8 atom stereocenters. The van der Waals surface area contributed by atoms with Gasteiger partial charge in [0, 0.05) is 30.1 Å². The van der Waals surface area contributed by atoms with Crippen LogP contribution in [0.1, 0.15) is 76.2 Å². The Bertz CT molecular complexity index is 1380. The molecule has 8 nitrogen and oxygen atoms in total. The predicted octanol–water partition coefficient (Wildman–Crippen LogP) is 4.87. The predicted molar refractivity (Wildman–Crippen MR) is 176 cm³/mol. The molecule has 2 amide bonds. The maximum absolute atomic E-state index is 13.8. The summed E-state index contributed by atoms with van der Waals surface area (Å²) in [5.41, 5.74) is 3.97. The summed E-state index contributed by atoms with van der Waals surface area (Å²) >= 11 is 0. The van der Waals surface area contributed by atoms with Crippen LogP contribution >= 0.6 is 0 Å². The Balaban J connectivity index is 1.12. The molecule has 2 heterocycles. The van der Waals surface area contributed by atoms with Gasteiger partial charge in [-0.25, -0.2) is 0 Å². The first-order valence-corrected chi connectivity index (χ1v) is 17.2. The van der Waals surface area contributed by atoms with Crippen LogP contribution in [0, 0.1) is 29.1 Å². The van der Waals surface area contributed by atoms with Gasteiger partial charge in [-0.15, -0.1) is 0 Å². The zero-order chi connectivity index (χ0) is 31.9. The molecule has 244 valence electrons. The maximum atomic E-state index is 13.8. The Labute approximate surface area is 268 Å². The lowest BCUT2D eigenvalue weighted by Crippen LogP contribution is -2.62. The van der Waals surface area contributed by atoms with Gasteiger partial charge in [-0.1, -0.05) is 58.0 Å². The molecule has 5 aliphatic rings. The monoisotopic (exact) mass is 616 g/mol. The Morgan fingerprint density at radius 1 is 1.11 bits per heavy atom. The molecule has 2 aliphatic heterocycles. The van der Waals surface area contributed by atoms with E-state index in [1.54, 1.807) is 12.0 Å². The van der Waals surface area contributed by atoms with Gasteiger partial charge in [0.2, 0.25) is 5.91 Å². The normalized spacial score (nSPS) is 31.7. The van der Waals surface area contributed by atoms with Gasteiger partial charge < -0.3 is 15.7 Å². The number of rotatable bonds is 10. The molecule has 3 aliphatic carbocycles. The number of amides is 2. The third-order valence-electron chi connectivity index (χ3n) is 11.8. The van der Waals surface area contributed by atoms with Crippen molar-refractivity contribution in [2.45, 2.75) is 91.1 Å². The largest absolute Gasteiger partial charge is 0.393 e. The second-order valence-corrected chi connectivity index (χ2v) is 14.7. The molecule has 2 aromatic carbocycles. The number of likely N-dealkylation sites (tertiary alicyclic amines) is 1. The fourth-order valence-corrected chi connectivity index (χ4v) is 8.77. The zero-order valence-electron chi connectivity index (χ0n) is 27.7. The number of aliphatic hydroxyl groups is 1. The van der Waals surface area contributed by atoms with Crippen molar-refractivity contribution in [2.24, 2.45) is 29.1 Å². The zero-order valence-corrected chi connectivity index (χ0v) is 27.7. The van der Waals surface area contributed by atoms with Crippen LogP contribution in [0.3, 0.4) is 0 Å². The number of carbonyl (C=O) groups excluding carboxylic acids is 2. The third kappa shape index (κ3) is 6.44. The van der Waals surface area contributed by atoms with Gasteiger partial charge in [-0.05, 0) is 104 Å². The molecule has 3 N–H and O–H groups in total. The van der Waals surface area contributed by atoms with Gasteiger partial charge >= 0.3 is 0 Å². The van der Waals surface area contributed by atoms with Crippen molar-refractivity contribution < 1.29 is 19.5 Å². The third-order valence-corrected chi connectivity index (χ3v) is 11.8. The maximum Gasteiger partial charge on any atom is 0.251 e. The number of aliphatic hydroxyl groups excluding tert-OH is 1. The van der Waals surface area contributed by atoms with Crippen LogP contribution in [0.15, 0.2) is 48.5 Å². The minimum absolute atomic E-state index is 0.0485. The fourth-order valence-electron chi connectivity index (χ4n) is 8.77. The van der Waals surface area contributed by atoms with Crippen LogP contribution in [0.5, 0.6) is 0 Å². The lowest BCUT2D eigenvalue weighted by atomic mass is 9.45. The molecule has 3 saturated carbocycles. The van der Waals surface area contributed by atoms with Gasteiger partial charge in [0.15, 0.2) is 0 Å². The fraction of sp³-hybridized carbons (Fsp3) is 0.622. The van der Waals surface area contributed by atoms with Crippen molar-refractivity contribution in [1.29, 1.82) is 0 Å². The minimum Gasteiger partial charge on any atom is -0.393 e. The molecule has 2 aromatic rings. The highest BCUT2D eigenvalue weighted by molar-refractivity contribution is 5.95. The summed E-state index contributed by atoms with van der Waals surface area (Å²) in [6.07, 6.45) is 3.92. The van der Waals surface area contributed by atoms with Crippen LogP contribution in [0.25, 0.3) is 11.1 Å². The molecule has 7 rings (SSSR count). The van der Waals surface area contributed by atoms with E-state index in [0.29, 0.717) is 54.5 Å². The number of hydrogen-bond donors (Lipinski definition) is 3. The summed E-state index contributed by atoms with van der Waals surface area (Å²) < 4.78 is 0. The van der Waals surface area contributed by atoms with Gasteiger partial charge in [-0.2, -0.15) is 5.06 Å². The molecule has 0 spiro atoms. The molecular formula is C37H52N4O4. The average Bonchev–Trinajstić information content (AvgIpc) is 3.67. The summed E-state index contributed by atoms with van der Waals surface area (Å²) in [6, 6.07) is 16.0. The molecule has 45 heavy (non-hydrogen) atoms. The Hall–Kier alpha value is -2.78. The molecule has 8 heteroatoms. The first-order valence-electron chi connectivity index (χ1n) is 17.2. The average molecular weight is 617 g/mol. The lowest BCUT2D eigenvalue weighted by molar-refractivity contribution is -0.161. The summed E-state index contributed by atoms with van der Waals surface area (Å²) in [5, 5.41) is 18.9. The topological polar surface area (TPSA) is 94.1 Å². The van der Waals surface area contributed by atoms with E-state index in [-0.39, 0.29) is 23.8 Å². The standard InChI is InChI=1S/C37H52N4O4/c1-6-40-15-9-14-30(40)20-38-35(43)28-13-8-12-27(17-28)26-11-7-10-25(16-26)21-41-34(31(22-45-41)24(3)42)36(44)39-33-19-29-18-32(23(33)2)37(29,4)5/h7-8,10-13,16-17,23-24,29-34,42H,6,9,14-15,18-22H2,1-5H3,(H,38,43)(H,39,44)/t23-,24-,29+,30?,31-,32-,33?,34-/m0/s1. The molecule has 2 saturated heterocycles. The number of fused-ring (bicyclic) bond motifs is 2. The van der Waals surface area contributed by atoms with E-state index < -0.39 is 12.1 Å². The summed E-state index contributed by atoms with van der Waals surface area (Å²) in [5.74, 6) is 1.31. The summed E-state index contributed by atoms with van der Waals surface area (Å²) in [6.45, 7) is 14.5. The highest BCUT2D eigenvalue weighted by atomic mass is 16.7. The van der Waals surface area contributed by atoms with E-state index in [1.807, 2.05) is 42.5 Å². The lowest BCUT2D eigenvalue weighted by Gasteiger charge is -2.62. The second kappa shape index (κ2) is 13.1. The van der Waals surface area contributed by atoms with Gasteiger partial charge in [0.05, 0.1) is 19.3 Å². The second-order valence-electron chi connectivity index (χ2n) is 14.7. The molecular weight excluding hydrogens is 564 g/mol. The number of benzene rings is 2. The smallest absolute Gasteiger partial charge is 0.251 e. The Kier molecular flexibility index (Phi) is 9.40. The Morgan fingerprint density at radius 2 is 1.87 bits per heavy atom. The first kappa shape index (κ1) is 32.2. The SMILES string of the molecule is CCN1CCCC1CNC(=O)c1cccc(-c2cccc(CN3OC[C@@H]([C@H](C)O)[C@H]3C(=O)NC3C[C@H]4C[C@@H]([C@@H]3C)C4(C)C)c2)c1. The van der Waals surface area contributed by atoms with Crippen LogP contribution in [-0.2, 0) is 16.2 Å². The van der Waals surface area contributed by atoms with E-state index in [9.17, 15) is 14.7 Å². The van der Waals surface area contributed by atoms with Gasteiger partial charge in [0.1, 0.15) is 6.04 Å². The molecule has 0 aromatic heterocycles. The van der Waals surface area contributed by atoms with Crippen molar-refractivity contribution in [3.8, 4) is 11.1 Å². The van der Waals surface area contributed by atoms with Crippen molar-refractivity contribution in [1.82, 2.24) is 20.6 Å². The highest BCUT2D eigenvalue weighted by Gasteiger charge is 2.57. The molecule has 0 radical (unpaired) electrons. The van der Waals surface area contributed by atoms with E-state index in [0.717, 1.165) is 42.6 Å². The quantitative estimate of drug-likeness (QED) is 0.353. The summed E-state index contributed by atoms with van der Waals surface area (Å²) in [4.78, 5) is 35.4. The van der Waals surface area contributed by atoms with E-state index in [1.165, 1.54) is 12.8 Å². The van der Waals surface area contributed by atoms with Crippen molar-refractivity contribution in [3.63, 3.8) is 0 Å². The number of likely N-dealkylation sites (N-methyl/N-ethyl adjacent to an activating group) is 1. The van der Waals surface area contributed by atoms with Crippen LogP contribution in [0.2, 0.25) is 0 Å². The molecule has 2 unspecified atom stereocenters. The number of nitrogens with zero attached hydrogens (tertiary/aromatic N) is 2. The summed E-state index contributed by atoms with van der Waals surface area (Å²) in [7, 11) is 0. The van der Waals surface area contributed by atoms with Crippen molar-refractivity contribution in [3.05, 3.63) is 59.7 Å². The van der Waals surface area contributed by atoms with E-state index in [4.69, 9.17) is 4.84 Å². The highest BCUT2D eigenvalue weighted by Crippen LogP contribution is 2.61. The van der Waals surface area contributed by atoms with Crippen LogP contribution in [0.4, 0.5) is 0 Å². The number of hydroxylamine groups is 2. The minimum atomic E-state index is -0.666. The number of nitrogens with one attached hydrogen (secondary N) is 2. The first-order chi connectivity index (χ1) is 21.6. The van der Waals surface area contributed by atoms with Gasteiger partial charge in [0.25, 0.3) is 5.91 Å². The number of hydrogen-bond acceptors (Lipinski definition) is 6. The van der Waals surface area contributed by atoms with Crippen LogP contribution in [-0.4, -0.2) is 77.4 Å². The molecule has 2 bridgehead atoms. The van der Waals surface area contributed by atoms with E-state index in [2.05, 4.69) is 49.3 Å². The van der Waals surface area contributed by atoms with Crippen molar-refractivity contribution in [2.75, 3.05) is 26.2 Å². The van der Waals surface area contributed by atoms with E-state index >= 15 is 0 Å². The van der Waals surface area contributed by atoms with Gasteiger partial charge in [-0.3, -0.25) is 19.3 Å². The number of carbonyl (C=O) groups is 2. The van der Waals surface area contributed by atoms with Crippen LogP contribution < -0.4 is 10.6 Å². The Morgan fingerprint density at radius 3 is 2.58 bits per heavy atom.